The Hall–Kier alpha value is -1.63. The van der Waals surface area contributed by atoms with E-state index >= 15 is 0 Å². The molecule has 2 amide bonds. The molecule has 1 unspecified atom stereocenters. The van der Waals surface area contributed by atoms with Crippen LogP contribution in [-0.2, 0) is 11.2 Å². The average molecular weight is 282 g/mol. The Kier molecular flexibility index (Phi) is 4.94. The van der Waals surface area contributed by atoms with Crippen molar-refractivity contribution in [2.45, 2.75) is 25.2 Å². The van der Waals surface area contributed by atoms with Crippen molar-refractivity contribution in [3.63, 3.8) is 0 Å². The van der Waals surface area contributed by atoms with Crippen LogP contribution in [0.3, 0.4) is 0 Å². The highest BCUT2D eigenvalue weighted by Crippen LogP contribution is 2.26. The van der Waals surface area contributed by atoms with E-state index in [0.29, 0.717) is 31.3 Å². The molecule has 0 saturated carbocycles. The van der Waals surface area contributed by atoms with Crippen molar-refractivity contribution < 1.29 is 14.1 Å². The third-order valence-electron chi connectivity index (χ3n) is 3.44. The lowest BCUT2D eigenvalue weighted by Crippen LogP contribution is -2.44. The molecule has 0 spiro atoms. The number of carbonyl (C=O) groups excluding carboxylic acids is 1. The number of nitrogens with zero attached hydrogens (tertiary/aromatic N) is 4. The number of piperidine rings is 1. The summed E-state index contributed by atoms with van der Waals surface area (Å²) in [5.41, 5.74) is 0. The summed E-state index contributed by atoms with van der Waals surface area (Å²) in [6.45, 7) is 2.01. The van der Waals surface area contributed by atoms with E-state index in [1.807, 2.05) is 4.90 Å². The Morgan fingerprint density at radius 2 is 2.35 bits per heavy atom. The third kappa shape index (κ3) is 3.47. The molecule has 2 rings (SSSR count). The molecule has 0 aromatic carbocycles. The lowest BCUT2D eigenvalue weighted by atomic mass is 9.98. The van der Waals surface area contributed by atoms with Crippen molar-refractivity contribution in [3.8, 4) is 0 Å². The first kappa shape index (κ1) is 14.8. The summed E-state index contributed by atoms with van der Waals surface area (Å²) < 4.78 is 10.3. The number of urea groups is 1. The summed E-state index contributed by atoms with van der Waals surface area (Å²) in [6, 6.07) is 0.0359. The van der Waals surface area contributed by atoms with E-state index in [2.05, 4.69) is 10.1 Å². The minimum absolute atomic E-state index is 0.0359. The molecule has 1 fully saturated rings. The van der Waals surface area contributed by atoms with E-state index in [-0.39, 0.29) is 11.9 Å². The van der Waals surface area contributed by atoms with Crippen LogP contribution in [0, 0.1) is 0 Å². The molecule has 1 aliphatic rings. The quantitative estimate of drug-likeness (QED) is 0.827. The Morgan fingerprint density at radius 3 is 3.05 bits per heavy atom. The van der Waals surface area contributed by atoms with Crippen LogP contribution in [0.5, 0.6) is 0 Å². The van der Waals surface area contributed by atoms with E-state index in [1.54, 1.807) is 26.1 Å². The summed E-state index contributed by atoms with van der Waals surface area (Å²) in [7, 11) is 5.18. The van der Waals surface area contributed by atoms with Crippen molar-refractivity contribution in [1.82, 2.24) is 19.9 Å². The van der Waals surface area contributed by atoms with Crippen molar-refractivity contribution >= 4 is 6.03 Å². The maximum absolute atomic E-state index is 12.0. The van der Waals surface area contributed by atoms with E-state index in [1.165, 1.54) is 0 Å². The Balaban J connectivity index is 1.98. The molecule has 0 aliphatic carbocycles. The van der Waals surface area contributed by atoms with Crippen LogP contribution in [0.1, 0.15) is 30.5 Å². The second-order valence-corrected chi connectivity index (χ2v) is 5.25. The third-order valence-corrected chi connectivity index (χ3v) is 3.44. The lowest BCUT2D eigenvalue weighted by Gasteiger charge is -2.32. The van der Waals surface area contributed by atoms with Gasteiger partial charge in [0.15, 0.2) is 5.82 Å². The number of carbonyl (C=O) groups is 1. The zero-order valence-corrected chi connectivity index (χ0v) is 12.3. The fourth-order valence-electron chi connectivity index (χ4n) is 2.36. The van der Waals surface area contributed by atoms with Crippen molar-refractivity contribution in [2.75, 3.05) is 40.9 Å². The van der Waals surface area contributed by atoms with Crippen LogP contribution in [0.2, 0.25) is 0 Å². The van der Waals surface area contributed by atoms with Crippen molar-refractivity contribution in [3.05, 3.63) is 11.7 Å². The van der Waals surface area contributed by atoms with E-state index in [4.69, 9.17) is 9.26 Å². The van der Waals surface area contributed by atoms with Gasteiger partial charge in [-0.3, -0.25) is 0 Å². The van der Waals surface area contributed by atoms with Gasteiger partial charge in [-0.05, 0) is 12.8 Å². The smallest absolute Gasteiger partial charge is 0.319 e. The standard InChI is InChI=1S/C13H22N4O3/c1-16(2)13(18)17-7-4-5-10(9-17)12-14-11(15-20-12)6-8-19-3/h10H,4-9H2,1-3H3. The summed E-state index contributed by atoms with van der Waals surface area (Å²) in [4.78, 5) is 19.8. The maximum atomic E-state index is 12.0. The zero-order valence-electron chi connectivity index (χ0n) is 12.3. The van der Waals surface area contributed by atoms with Crippen LogP contribution in [0.25, 0.3) is 0 Å². The first-order valence-electron chi connectivity index (χ1n) is 6.89. The summed E-state index contributed by atoms with van der Waals surface area (Å²) in [6.07, 6.45) is 2.58. The molecular formula is C13H22N4O3. The molecule has 1 aromatic heterocycles. The molecule has 20 heavy (non-hydrogen) atoms. The van der Waals surface area contributed by atoms with E-state index in [0.717, 1.165) is 19.4 Å². The van der Waals surface area contributed by atoms with Crippen LogP contribution < -0.4 is 0 Å². The molecule has 2 heterocycles. The van der Waals surface area contributed by atoms with Crippen LogP contribution >= 0.6 is 0 Å². The molecule has 1 saturated heterocycles. The van der Waals surface area contributed by atoms with Gasteiger partial charge in [0, 0.05) is 40.7 Å². The van der Waals surface area contributed by atoms with Gasteiger partial charge in [-0.1, -0.05) is 5.16 Å². The summed E-state index contributed by atoms with van der Waals surface area (Å²) in [5.74, 6) is 1.43. The second kappa shape index (κ2) is 6.69. The summed E-state index contributed by atoms with van der Waals surface area (Å²) in [5, 5.41) is 3.95. The molecule has 1 aromatic rings. The predicted octanol–water partition coefficient (Wildman–Crippen LogP) is 1.12. The van der Waals surface area contributed by atoms with Crippen molar-refractivity contribution in [1.29, 1.82) is 0 Å². The monoisotopic (exact) mass is 282 g/mol. The van der Waals surface area contributed by atoms with Gasteiger partial charge in [0.25, 0.3) is 0 Å². The molecule has 0 bridgehead atoms. The number of hydrogen-bond acceptors (Lipinski definition) is 5. The van der Waals surface area contributed by atoms with E-state index in [9.17, 15) is 4.79 Å². The minimum atomic E-state index is 0.0359. The first-order chi connectivity index (χ1) is 9.61. The molecule has 7 nitrogen and oxygen atoms in total. The molecule has 1 atom stereocenters. The highest BCUT2D eigenvalue weighted by Gasteiger charge is 2.29. The fraction of sp³-hybridized carbons (Fsp3) is 0.769. The normalized spacial score (nSPS) is 19.1. The molecule has 0 N–H and O–H groups in total. The maximum Gasteiger partial charge on any atom is 0.319 e. The van der Waals surface area contributed by atoms with Gasteiger partial charge in [0.1, 0.15) is 0 Å². The topological polar surface area (TPSA) is 71.7 Å². The molecule has 112 valence electrons. The highest BCUT2D eigenvalue weighted by atomic mass is 16.5. The van der Waals surface area contributed by atoms with Gasteiger partial charge >= 0.3 is 6.03 Å². The lowest BCUT2D eigenvalue weighted by molar-refractivity contribution is 0.149. The molecule has 7 heteroatoms. The fourth-order valence-corrected chi connectivity index (χ4v) is 2.36. The average Bonchev–Trinajstić information content (AvgIpc) is 2.93. The largest absolute Gasteiger partial charge is 0.384 e. The van der Waals surface area contributed by atoms with Gasteiger partial charge in [-0.25, -0.2) is 4.79 Å². The van der Waals surface area contributed by atoms with E-state index < -0.39 is 0 Å². The van der Waals surface area contributed by atoms with Gasteiger partial charge < -0.3 is 19.1 Å². The zero-order chi connectivity index (χ0) is 14.5. The highest BCUT2D eigenvalue weighted by molar-refractivity contribution is 5.74. The van der Waals surface area contributed by atoms with Crippen LogP contribution in [0.15, 0.2) is 4.52 Å². The number of aromatic nitrogens is 2. The number of methoxy groups -OCH3 is 1. The SMILES string of the molecule is COCCc1noc(C2CCCN(C(=O)N(C)C)C2)n1. The van der Waals surface area contributed by atoms with Gasteiger partial charge in [-0.2, -0.15) is 4.98 Å². The number of likely N-dealkylation sites (tertiary alicyclic amines) is 1. The molecule has 1 aliphatic heterocycles. The van der Waals surface area contributed by atoms with Gasteiger partial charge in [-0.15, -0.1) is 0 Å². The molecule has 0 radical (unpaired) electrons. The summed E-state index contributed by atoms with van der Waals surface area (Å²) >= 11 is 0. The predicted molar refractivity (Wildman–Crippen MR) is 72.5 cm³/mol. The number of rotatable bonds is 4. The minimum Gasteiger partial charge on any atom is -0.384 e. The first-order valence-corrected chi connectivity index (χ1v) is 6.89. The second-order valence-electron chi connectivity index (χ2n) is 5.25. The number of amides is 2. The number of hydrogen-bond donors (Lipinski definition) is 0. The van der Waals surface area contributed by atoms with Crippen molar-refractivity contribution in [2.24, 2.45) is 0 Å². The van der Waals surface area contributed by atoms with Crippen LogP contribution in [-0.4, -0.2) is 66.9 Å². The Morgan fingerprint density at radius 1 is 1.55 bits per heavy atom. The van der Waals surface area contributed by atoms with Gasteiger partial charge in [0.2, 0.25) is 5.89 Å². The van der Waals surface area contributed by atoms with Crippen LogP contribution in [0.4, 0.5) is 4.79 Å². The Labute approximate surface area is 118 Å². The molecular weight excluding hydrogens is 260 g/mol. The Bertz CT molecular complexity index is 447. The number of ether oxygens (including phenoxy) is 1. The van der Waals surface area contributed by atoms with Gasteiger partial charge in [0.05, 0.1) is 12.5 Å².